The molecule has 1 aliphatic carbocycles. The molecule has 5 heterocycles. The fourth-order valence-electron chi connectivity index (χ4n) is 9.08. The number of rotatable bonds is 9. The number of nitrogens with zero attached hydrogens (tertiary/aromatic N) is 4. The maximum Gasteiger partial charge on any atom is 0.271 e. The van der Waals surface area contributed by atoms with Crippen LogP contribution in [-0.2, 0) is 26.2 Å². The van der Waals surface area contributed by atoms with Crippen molar-refractivity contribution >= 4 is 66.5 Å². The van der Waals surface area contributed by atoms with E-state index >= 15 is 0 Å². The van der Waals surface area contributed by atoms with E-state index in [2.05, 4.69) is 45.5 Å². The second-order valence-corrected chi connectivity index (χ2v) is 19.2. The smallest absolute Gasteiger partial charge is 0.271 e. The second-order valence-electron chi connectivity index (χ2n) is 17.4. The van der Waals surface area contributed by atoms with Crippen molar-refractivity contribution in [2.75, 3.05) is 7.11 Å². The Morgan fingerprint density at radius 3 is 1.40 bits per heavy atom. The Morgan fingerprint density at radius 1 is 0.514 bits per heavy atom. The first-order valence-corrected chi connectivity index (χ1v) is 24.4. The lowest BCUT2D eigenvalue weighted by molar-refractivity contribution is 0.414. The van der Waals surface area contributed by atoms with E-state index in [9.17, 15) is 19.2 Å². The maximum atomic E-state index is 11.8. The lowest BCUT2D eigenvalue weighted by Crippen LogP contribution is -2.11. The number of methoxy groups -OCH3 is 1. The predicted octanol–water partition coefficient (Wildman–Crippen LogP) is 10.7. The van der Waals surface area contributed by atoms with Crippen LogP contribution in [-0.4, -0.2) is 46.2 Å². The Hall–Kier alpha value is -7.81. The zero-order chi connectivity index (χ0) is 48.6. The molecule has 356 valence electrons. The number of ether oxygens (including phenoxy) is 1. The van der Waals surface area contributed by atoms with Crippen LogP contribution in [0.1, 0.15) is 47.3 Å². The topological polar surface area (TPSA) is 160 Å². The van der Waals surface area contributed by atoms with Crippen LogP contribution in [0.3, 0.4) is 0 Å². The minimum atomic E-state index is -0.0569. The number of aromatic nitrogens is 8. The number of H-pyrrole nitrogens is 4. The maximum absolute atomic E-state index is 11.8. The molecule has 6 aromatic carbocycles. The van der Waals surface area contributed by atoms with Crippen LogP contribution in [0.15, 0.2) is 177 Å². The van der Waals surface area contributed by atoms with Crippen LogP contribution < -0.4 is 27.0 Å². The van der Waals surface area contributed by atoms with E-state index in [0.717, 1.165) is 71.2 Å². The number of nitrogens with one attached hydrogen (secondary N) is 4. The van der Waals surface area contributed by atoms with Crippen molar-refractivity contribution in [2.45, 2.75) is 58.8 Å². The molecule has 5 aromatic heterocycles. The molecule has 70 heavy (non-hydrogen) atoms. The van der Waals surface area contributed by atoms with Crippen LogP contribution in [0, 0.1) is 12.8 Å². The number of aryl methyl sites for hydroxylation is 1. The van der Waals surface area contributed by atoms with E-state index in [0.29, 0.717) is 25.0 Å². The van der Waals surface area contributed by atoms with Crippen molar-refractivity contribution in [1.82, 2.24) is 39.1 Å². The molecule has 0 unspecified atom stereocenters. The molecule has 12 rings (SSSR count). The molecule has 1 saturated carbocycles. The first kappa shape index (κ1) is 47.3. The van der Waals surface area contributed by atoms with Crippen LogP contribution in [0.4, 0.5) is 0 Å². The molecule has 11 aromatic rings. The van der Waals surface area contributed by atoms with Crippen LogP contribution in [0.25, 0.3) is 43.6 Å². The Balaban J connectivity index is 0.000000116. The van der Waals surface area contributed by atoms with Crippen molar-refractivity contribution < 1.29 is 4.74 Å². The van der Waals surface area contributed by atoms with Crippen LogP contribution >= 0.6 is 22.9 Å². The molecule has 0 spiro atoms. The standard InChI is InChI=1S/C15H14N2O2.C15H14N2O.C13H16N2O.C12H9ClN2OS/c1-19-12-6-4-5-11(9-12)10-17-14-8-3-2-7-13(14)15(18)16-17;1-11-5-4-6-12(9-11)10-17-14-8-3-2-7-13(14)15(18)16-17;16-13-11-7-3-4-8-12(11)15(14-13)9-10-5-1-2-6-10;13-11-6-5-8(17-11)7-15-10-4-2-1-3-9(10)12(16)14-15/h2-9H,10H2,1H3,(H,16,18);2-9H,10H2,1H3,(H,16,18);3-4,7-8,10H,1-2,5-6,9H2,(H,14,16);1-6H,7H2,(H,14,16). The van der Waals surface area contributed by atoms with Crippen molar-refractivity contribution in [3.8, 4) is 5.75 Å². The highest BCUT2D eigenvalue weighted by Crippen LogP contribution is 2.27. The van der Waals surface area contributed by atoms with Gasteiger partial charge in [-0.3, -0.25) is 58.3 Å². The van der Waals surface area contributed by atoms with E-state index < -0.39 is 0 Å². The van der Waals surface area contributed by atoms with Gasteiger partial charge in [-0.25, -0.2) is 0 Å². The normalized spacial score (nSPS) is 12.4. The molecule has 4 N–H and O–H groups in total. The van der Waals surface area contributed by atoms with Gasteiger partial charge >= 0.3 is 0 Å². The summed E-state index contributed by atoms with van der Waals surface area (Å²) in [5.41, 5.74) is 7.21. The molecular formula is C55H53ClN8O5S. The minimum Gasteiger partial charge on any atom is -0.497 e. The highest BCUT2D eigenvalue weighted by molar-refractivity contribution is 7.16. The molecule has 0 aliphatic heterocycles. The first-order valence-electron chi connectivity index (χ1n) is 23.2. The molecule has 0 radical (unpaired) electrons. The summed E-state index contributed by atoms with van der Waals surface area (Å²) in [4.78, 5) is 48.1. The molecule has 1 fully saturated rings. The van der Waals surface area contributed by atoms with E-state index in [1.807, 2.05) is 158 Å². The highest BCUT2D eigenvalue weighted by atomic mass is 35.5. The number of aromatic amines is 4. The first-order chi connectivity index (χ1) is 34.1. The average Bonchev–Trinajstić information content (AvgIpc) is 4.26. The van der Waals surface area contributed by atoms with Gasteiger partial charge in [-0.05, 0) is 110 Å². The van der Waals surface area contributed by atoms with Gasteiger partial charge in [-0.1, -0.05) is 115 Å². The summed E-state index contributed by atoms with van der Waals surface area (Å²) < 4.78 is 13.6. The summed E-state index contributed by atoms with van der Waals surface area (Å²) in [6, 6.07) is 50.5. The number of hydrogen-bond acceptors (Lipinski definition) is 6. The van der Waals surface area contributed by atoms with Crippen molar-refractivity contribution in [3.05, 3.63) is 225 Å². The predicted molar refractivity (Wildman–Crippen MR) is 283 cm³/mol. The molecule has 13 nitrogen and oxygen atoms in total. The second kappa shape index (κ2) is 21.6. The molecular weight excluding hydrogens is 920 g/mol. The fraction of sp³-hybridized carbons (Fsp3) is 0.200. The average molecular weight is 974 g/mol. The molecule has 1 aliphatic rings. The van der Waals surface area contributed by atoms with Gasteiger partial charge in [-0.15, -0.1) is 11.3 Å². The van der Waals surface area contributed by atoms with Gasteiger partial charge in [-0.2, -0.15) is 0 Å². The lowest BCUT2D eigenvalue weighted by atomic mass is 10.1. The Morgan fingerprint density at radius 2 is 0.943 bits per heavy atom. The monoisotopic (exact) mass is 972 g/mol. The van der Waals surface area contributed by atoms with Crippen LogP contribution in [0.5, 0.6) is 5.75 Å². The number of para-hydroxylation sites is 4. The van der Waals surface area contributed by atoms with Gasteiger partial charge in [0, 0.05) is 11.4 Å². The van der Waals surface area contributed by atoms with E-state index in [4.69, 9.17) is 16.3 Å². The number of hydrogen-bond donors (Lipinski definition) is 4. The minimum absolute atomic E-state index is 0.0294. The van der Waals surface area contributed by atoms with Gasteiger partial charge in [0.1, 0.15) is 5.75 Å². The number of fused-ring (bicyclic) bond motifs is 4. The van der Waals surface area contributed by atoms with Gasteiger partial charge in [0.25, 0.3) is 22.2 Å². The summed E-state index contributed by atoms with van der Waals surface area (Å²) in [7, 11) is 1.64. The summed E-state index contributed by atoms with van der Waals surface area (Å²) in [5, 5.41) is 14.5. The van der Waals surface area contributed by atoms with Gasteiger partial charge in [0.2, 0.25) is 0 Å². The molecule has 0 bridgehead atoms. The fourth-order valence-corrected chi connectivity index (χ4v) is 10.2. The Kier molecular flexibility index (Phi) is 14.6. The summed E-state index contributed by atoms with van der Waals surface area (Å²) in [5.74, 6) is 1.56. The number of benzene rings is 6. The van der Waals surface area contributed by atoms with E-state index in [1.54, 1.807) is 7.11 Å². The Bertz CT molecular complexity index is 3780. The molecule has 15 heteroatoms. The van der Waals surface area contributed by atoms with Gasteiger partial charge in [0.15, 0.2) is 0 Å². The molecule has 0 saturated heterocycles. The summed E-state index contributed by atoms with van der Waals surface area (Å²) in [6.45, 7) is 4.97. The number of thiophene rings is 1. The zero-order valence-electron chi connectivity index (χ0n) is 38.9. The quantitative estimate of drug-likeness (QED) is 0.113. The SMILES string of the molecule is COc1cccc(Cn2[nH]c(=O)c3ccccc32)c1.Cc1cccc(Cn2[nH]c(=O)c3ccccc32)c1.O=c1[nH]n(CC2CCCC2)c2ccccc12.O=c1[nH]n(Cc2ccc(Cl)s2)c2ccccc12. The largest absolute Gasteiger partial charge is 0.497 e. The van der Waals surface area contributed by atoms with Gasteiger partial charge in [0.05, 0.1) is 74.7 Å². The summed E-state index contributed by atoms with van der Waals surface area (Å²) in [6.07, 6.45) is 5.28. The highest BCUT2D eigenvalue weighted by Gasteiger charge is 2.17. The van der Waals surface area contributed by atoms with Crippen LogP contribution in [0.2, 0.25) is 4.34 Å². The number of halogens is 1. The molecule has 0 atom stereocenters. The third-order valence-electron chi connectivity index (χ3n) is 12.5. The summed E-state index contributed by atoms with van der Waals surface area (Å²) >= 11 is 7.41. The van der Waals surface area contributed by atoms with Crippen molar-refractivity contribution in [3.63, 3.8) is 0 Å². The van der Waals surface area contributed by atoms with Crippen molar-refractivity contribution in [2.24, 2.45) is 5.92 Å². The Labute approximate surface area is 411 Å². The van der Waals surface area contributed by atoms with Crippen molar-refractivity contribution in [1.29, 1.82) is 0 Å². The van der Waals surface area contributed by atoms with E-state index in [-0.39, 0.29) is 22.2 Å². The lowest BCUT2D eigenvalue weighted by Gasteiger charge is -2.10. The third-order valence-corrected chi connectivity index (χ3v) is 13.7. The molecule has 0 amide bonds. The zero-order valence-corrected chi connectivity index (χ0v) is 40.4. The van der Waals surface area contributed by atoms with E-state index in [1.165, 1.54) is 48.1 Å². The van der Waals surface area contributed by atoms with Gasteiger partial charge < -0.3 is 4.74 Å². The third kappa shape index (κ3) is 11.0.